The van der Waals surface area contributed by atoms with Gasteiger partial charge in [-0.2, -0.15) is 0 Å². The summed E-state index contributed by atoms with van der Waals surface area (Å²) in [6.45, 7) is 10.9. The molecule has 7 heteroatoms. The molecule has 2 bridgehead atoms. The maximum Gasteiger partial charge on any atom is 0.334 e. The second-order valence-corrected chi connectivity index (χ2v) is 8.28. The van der Waals surface area contributed by atoms with Gasteiger partial charge in [0.1, 0.15) is 18.3 Å². The summed E-state index contributed by atoms with van der Waals surface area (Å²) in [7, 11) is 1.51. The van der Waals surface area contributed by atoms with Crippen molar-refractivity contribution in [2.45, 2.75) is 70.2 Å². The van der Waals surface area contributed by atoms with E-state index in [0.717, 1.165) is 0 Å². The summed E-state index contributed by atoms with van der Waals surface area (Å²) in [6.07, 6.45) is 0.404. The van der Waals surface area contributed by atoms with E-state index in [1.165, 1.54) is 7.11 Å². The lowest BCUT2D eigenvalue weighted by Crippen LogP contribution is -2.42. The monoisotopic (exact) mass is 380 g/mol. The first-order chi connectivity index (χ1) is 12.5. The summed E-state index contributed by atoms with van der Waals surface area (Å²) in [5, 5.41) is 11.2. The fourth-order valence-corrected chi connectivity index (χ4v) is 4.22. The second kappa shape index (κ2) is 6.72. The van der Waals surface area contributed by atoms with Gasteiger partial charge in [0.15, 0.2) is 0 Å². The van der Waals surface area contributed by atoms with Crippen molar-refractivity contribution in [2.75, 3.05) is 7.11 Å². The van der Waals surface area contributed by atoms with Gasteiger partial charge in [-0.1, -0.05) is 20.4 Å². The standard InChI is InChI=1S/C20H28O7/c1-10(2)17(21)26-14-8-19(5)9-15(24-6)20(23,27-19)11(3)7-13-16(14)12(4)18(22)25-13/h7,10,13-16,23H,4,8-9H2,1-3,5-6H3/b11-7-/t13-,14-,15+,16+,19-,20+/m1/s1. The molecule has 0 radical (unpaired) electrons. The smallest absolute Gasteiger partial charge is 0.334 e. The number of aliphatic hydroxyl groups is 1. The maximum absolute atomic E-state index is 12.3. The molecule has 0 aromatic rings. The first-order valence-electron chi connectivity index (χ1n) is 9.25. The van der Waals surface area contributed by atoms with Crippen LogP contribution in [0, 0.1) is 11.8 Å². The molecule has 2 fully saturated rings. The van der Waals surface area contributed by atoms with Gasteiger partial charge in [0.05, 0.1) is 17.4 Å². The molecule has 2 saturated heterocycles. The zero-order chi connectivity index (χ0) is 20.1. The summed E-state index contributed by atoms with van der Waals surface area (Å²) in [5.41, 5.74) is -0.0542. The lowest BCUT2D eigenvalue weighted by atomic mass is 9.81. The van der Waals surface area contributed by atoms with E-state index in [9.17, 15) is 14.7 Å². The molecule has 27 heavy (non-hydrogen) atoms. The molecule has 6 atom stereocenters. The van der Waals surface area contributed by atoms with Gasteiger partial charge >= 0.3 is 11.9 Å². The molecule has 3 aliphatic heterocycles. The van der Waals surface area contributed by atoms with Crippen molar-refractivity contribution in [3.63, 3.8) is 0 Å². The predicted molar refractivity (Wildman–Crippen MR) is 95.5 cm³/mol. The number of fused-ring (bicyclic) bond motifs is 3. The van der Waals surface area contributed by atoms with Gasteiger partial charge in [-0.15, -0.1) is 0 Å². The van der Waals surface area contributed by atoms with Crippen LogP contribution in [0.15, 0.2) is 23.8 Å². The minimum atomic E-state index is -1.64. The van der Waals surface area contributed by atoms with Crippen LogP contribution < -0.4 is 0 Å². The molecule has 0 saturated carbocycles. The van der Waals surface area contributed by atoms with Gasteiger partial charge in [0.2, 0.25) is 5.79 Å². The molecular weight excluding hydrogens is 352 g/mol. The van der Waals surface area contributed by atoms with Crippen LogP contribution in [0.3, 0.4) is 0 Å². The minimum Gasteiger partial charge on any atom is -0.461 e. The molecule has 150 valence electrons. The van der Waals surface area contributed by atoms with Crippen molar-refractivity contribution in [2.24, 2.45) is 11.8 Å². The van der Waals surface area contributed by atoms with Gasteiger partial charge in [0, 0.05) is 25.5 Å². The largest absolute Gasteiger partial charge is 0.461 e. The second-order valence-electron chi connectivity index (χ2n) is 8.28. The third kappa shape index (κ3) is 3.32. The minimum absolute atomic E-state index is 0.266. The molecule has 0 unspecified atom stereocenters. The molecule has 1 N–H and O–H groups in total. The number of carbonyl (C=O) groups is 2. The highest BCUT2D eigenvalue weighted by atomic mass is 16.7. The number of esters is 2. The van der Waals surface area contributed by atoms with E-state index in [1.807, 2.05) is 6.92 Å². The van der Waals surface area contributed by atoms with Gasteiger partial charge < -0.3 is 24.1 Å². The summed E-state index contributed by atoms with van der Waals surface area (Å²) in [6, 6.07) is 0. The van der Waals surface area contributed by atoms with Crippen LogP contribution in [-0.4, -0.2) is 53.9 Å². The lowest BCUT2D eigenvalue weighted by molar-refractivity contribution is -0.229. The average Bonchev–Trinajstić information content (AvgIpc) is 3.00. The van der Waals surface area contributed by atoms with E-state index in [-0.39, 0.29) is 23.9 Å². The molecule has 0 aromatic carbocycles. The quantitative estimate of drug-likeness (QED) is 0.454. The van der Waals surface area contributed by atoms with E-state index >= 15 is 0 Å². The van der Waals surface area contributed by atoms with E-state index in [0.29, 0.717) is 12.0 Å². The Balaban J connectivity index is 2.07. The Morgan fingerprint density at radius 1 is 1.41 bits per heavy atom. The molecule has 0 spiro atoms. The highest BCUT2D eigenvalue weighted by Gasteiger charge is 2.58. The third-order valence-electron chi connectivity index (χ3n) is 5.75. The number of methoxy groups -OCH3 is 1. The fraction of sp³-hybridized carbons (Fsp3) is 0.700. The van der Waals surface area contributed by atoms with Crippen LogP contribution in [0.25, 0.3) is 0 Å². The van der Waals surface area contributed by atoms with Crippen molar-refractivity contribution < 1.29 is 33.6 Å². The maximum atomic E-state index is 12.3. The van der Waals surface area contributed by atoms with Crippen LogP contribution >= 0.6 is 0 Å². The van der Waals surface area contributed by atoms with E-state index < -0.39 is 41.6 Å². The molecule has 3 aliphatic rings. The SMILES string of the molecule is C=C1C(=O)O[C@@H]2/C=C(/C)[C@]3(O)O[C@@](C)(C[C@@H]3OC)C[C@@H](OC(=O)C(C)C)[C@@H]12. The summed E-state index contributed by atoms with van der Waals surface area (Å²) >= 11 is 0. The Bertz CT molecular complexity index is 696. The van der Waals surface area contributed by atoms with Crippen molar-refractivity contribution in [1.82, 2.24) is 0 Å². The van der Waals surface area contributed by atoms with Crippen LogP contribution in [0.1, 0.15) is 40.5 Å². The Labute approximate surface area is 159 Å². The van der Waals surface area contributed by atoms with Crippen molar-refractivity contribution >= 4 is 11.9 Å². The third-order valence-corrected chi connectivity index (χ3v) is 5.75. The first-order valence-corrected chi connectivity index (χ1v) is 9.25. The topological polar surface area (TPSA) is 91.3 Å². The molecule has 0 aliphatic carbocycles. The Hall–Kier alpha value is -1.70. The van der Waals surface area contributed by atoms with Gasteiger partial charge in [-0.05, 0) is 25.5 Å². The predicted octanol–water partition coefficient (Wildman–Crippen LogP) is 1.88. The van der Waals surface area contributed by atoms with Gasteiger partial charge in [-0.25, -0.2) is 4.79 Å². The normalized spacial score (nSPS) is 43.3. The molecule has 0 amide bonds. The number of hydrogen-bond acceptors (Lipinski definition) is 7. The van der Waals surface area contributed by atoms with E-state index in [2.05, 4.69) is 6.58 Å². The van der Waals surface area contributed by atoms with Crippen LogP contribution in [0.4, 0.5) is 0 Å². The summed E-state index contributed by atoms with van der Waals surface area (Å²) in [4.78, 5) is 24.5. The molecule has 7 nitrogen and oxygen atoms in total. The number of ether oxygens (including phenoxy) is 4. The summed E-state index contributed by atoms with van der Waals surface area (Å²) < 4.78 is 22.8. The van der Waals surface area contributed by atoms with Crippen LogP contribution in [0.2, 0.25) is 0 Å². The van der Waals surface area contributed by atoms with Gasteiger partial charge in [-0.3, -0.25) is 4.79 Å². The Kier molecular flexibility index (Phi) is 4.99. The number of rotatable bonds is 3. The molecule has 3 heterocycles. The van der Waals surface area contributed by atoms with E-state index in [4.69, 9.17) is 18.9 Å². The highest BCUT2D eigenvalue weighted by Crippen LogP contribution is 2.48. The zero-order valence-corrected chi connectivity index (χ0v) is 16.5. The Morgan fingerprint density at radius 2 is 2.07 bits per heavy atom. The highest BCUT2D eigenvalue weighted by molar-refractivity contribution is 5.91. The molecular formula is C20H28O7. The van der Waals surface area contributed by atoms with Crippen LogP contribution in [0.5, 0.6) is 0 Å². The van der Waals surface area contributed by atoms with Crippen molar-refractivity contribution in [1.29, 1.82) is 0 Å². The van der Waals surface area contributed by atoms with Crippen molar-refractivity contribution in [3.05, 3.63) is 23.8 Å². The lowest BCUT2D eigenvalue weighted by Gasteiger charge is -2.33. The summed E-state index contributed by atoms with van der Waals surface area (Å²) in [5.74, 6) is -3.37. The van der Waals surface area contributed by atoms with Crippen molar-refractivity contribution in [3.8, 4) is 0 Å². The fourth-order valence-electron chi connectivity index (χ4n) is 4.22. The molecule has 3 rings (SSSR count). The number of hydrogen-bond donors (Lipinski definition) is 1. The van der Waals surface area contributed by atoms with E-state index in [1.54, 1.807) is 26.8 Å². The Morgan fingerprint density at radius 3 is 2.67 bits per heavy atom. The first kappa shape index (κ1) is 20.0. The number of carbonyl (C=O) groups excluding carboxylic acids is 2. The van der Waals surface area contributed by atoms with Gasteiger partial charge in [0.25, 0.3) is 0 Å². The average molecular weight is 380 g/mol. The van der Waals surface area contributed by atoms with Crippen LogP contribution in [-0.2, 0) is 28.5 Å². The zero-order valence-electron chi connectivity index (χ0n) is 16.5. The molecule has 0 aromatic heterocycles.